The fraction of sp³-hybridized carbons (Fsp3) is 0.355. The number of carbonyl (C=O) groups excluding carboxylic acids is 2. The summed E-state index contributed by atoms with van der Waals surface area (Å²) in [7, 11) is 0. The van der Waals surface area contributed by atoms with Gasteiger partial charge in [0.2, 0.25) is 5.91 Å². The minimum Gasteiger partial charge on any atom is -0.483 e. The molecule has 5 nitrogen and oxygen atoms in total. The topological polar surface area (TPSA) is 58.6 Å². The van der Waals surface area contributed by atoms with Crippen LogP contribution in [0.15, 0.2) is 83.3 Å². The Morgan fingerprint density at radius 1 is 0.919 bits per heavy atom. The van der Waals surface area contributed by atoms with E-state index in [-0.39, 0.29) is 36.4 Å². The molecule has 0 heterocycles. The average Bonchev–Trinajstić information content (AvgIpc) is 2.84. The third-order valence-corrected chi connectivity index (χ3v) is 6.48. The van der Waals surface area contributed by atoms with Gasteiger partial charge in [-0.25, -0.2) is 0 Å². The van der Waals surface area contributed by atoms with Crippen molar-refractivity contribution in [3.63, 3.8) is 0 Å². The number of ether oxygens (including phenoxy) is 1. The van der Waals surface area contributed by atoms with Gasteiger partial charge in [0.15, 0.2) is 6.61 Å². The van der Waals surface area contributed by atoms with Crippen LogP contribution in [-0.4, -0.2) is 35.4 Å². The van der Waals surface area contributed by atoms with Crippen LogP contribution in [-0.2, 0) is 28.0 Å². The second kappa shape index (κ2) is 12.9. The fourth-order valence-electron chi connectivity index (χ4n) is 4.20. The number of nitrogens with one attached hydrogen (secondary N) is 1. The first-order valence-electron chi connectivity index (χ1n) is 12.6. The Hall–Kier alpha value is -3.12. The molecule has 0 unspecified atom stereocenters. The Balaban J connectivity index is 1.94. The molecule has 0 bridgehead atoms. The van der Waals surface area contributed by atoms with Crippen molar-refractivity contribution >= 4 is 27.7 Å². The van der Waals surface area contributed by atoms with Crippen LogP contribution in [0.5, 0.6) is 5.75 Å². The fourth-order valence-corrected chi connectivity index (χ4v) is 4.65. The normalized spacial score (nSPS) is 12.2. The maximum atomic E-state index is 13.8. The lowest BCUT2D eigenvalue weighted by molar-refractivity contribution is -0.143. The molecule has 3 aromatic rings. The van der Waals surface area contributed by atoms with Crippen molar-refractivity contribution in [2.24, 2.45) is 0 Å². The van der Waals surface area contributed by atoms with Gasteiger partial charge in [0.1, 0.15) is 11.8 Å². The summed E-state index contributed by atoms with van der Waals surface area (Å²) in [6.07, 6.45) is 0.401. The van der Waals surface area contributed by atoms with E-state index in [1.807, 2.05) is 92.7 Å². The van der Waals surface area contributed by atoms with Gasteiger partial charge in [-0.15, -0.1) is 0 Å². The zero-order valence-electron chi connectivity index (χ0n) is 22.3. The maximum absolute atomic E-state index is 13.8. The van der Waals surface area contributed by atoms with Gasteiger partial charge in [-0.05, 0) is 54.2 Å². The molecule has 0 aliphatic heterocycles. The second-order valence-electron chi connectivity index (χ2n) is 10.6. The highest BCUT2D eigenvalue weighted by Crippen LogP contribution is 2.31. The van der Waals surface area contributed by atoms with E-state index < -0.39 is 6.04 Å². The number of nitrogens with zero attached hydrogens (tertiary/aromatic N) is 1. The lowest BCUT2D eigenvalue weighted by Gasteiger charge is -2.32. The molecule has 1 atom stereocenters. The smallest absolute Gasteiger partial charge is 0.261 e. The third kappa shape index (κ3) is 8.46. The molecule has 0 aliphatic rings. The molecule has 0 spiro atoms. The van der Waals surface area contributed by atoms with Crippen molar-refractivity contribution in [3.8, 4) is 5.75 Å². The number of amides is 2. The predicted molar refractivity (Wildman–Crippen MR) is 153 cm³/mol. The summed E-state index contributed by atoms with van der Waals surface area (Å²) >= 11 is 3.52. The van der Waals surface area contributed by atoms with Crippen LogP contribution in [0.25, 0.3) is 0 Å². The second-order valence-corrected chi connectivity index (χ2v) is 11.5. The lowest BCUT2D eigenvalue weighted by Crippen LogP contribution is -2.52. The van der Waals surface area contributed by atoms with Gasteiger partial charge < -0.3 is 15.0 Å². The first-order valence-corrected chi connectivity index (χ1v) is 13.4. The Morgan fingerprint density at radius 3 is 2.22 bits per heavy atom. The van der Waals surface area contributed by atoms with Gasteiger partial charge in [-0.2, -0.15) is 0 Å². The summed E-state index contributed by atoms with van der Waals surface area (Å²) in [5, 5.41) is 3.02. The lowest BCUT2D eigenvalue weighted by atomic mass is 9.86. The number of para-hydroxylation sites is 1. The van der Waals surface area contributed by atoms with Gasteiger partial charge in [-0.3, -0.25) is 9.59 Å². The Bertz CT molecular complexity index is 1190. The minimum absolute atomic E-state index is 0.0523. The number of rotatable bonds is 10. The first kappa shape index (κ1) is 28.5. The van der Waals surface area contributed by atoms with E-state index in [1.54, 1.807) is 4.90 Å². The van der Waals surface area contributed by atoms with Crippen molar-refractivity contribution in [3.05, 3.63) is 100 Å². The van der Waals surface area contributed by atoms with Crippen LogP contribution in [0, 0.1) is 0 Å². The highest BCUT2D eigenvalue weighted by Gasteiger charge is 2.31. The van der Waals surface area contributed by atoms with Gasteiger partial charge in [0.25, 0.3) is 5.91 Å². The van der Waals surface area contributed by atoms with Gasteiger partial charge in [-0.1, -0.05) is 97.4 Å². The molecular formula is C31H37BrN2O3. The van der Waals surface area contributed by atoms with E-state index in [2.05, 4.69) is 42.0 Å². The highest BCUT2D eigenvalue weighted by molar-refractivity contribution is 9.10. The summed E-state index contributed by atoms with van der Waals surface area (Å²) < 4.78 is 7.01. The average molecular weight is 566 g/mol. The number of benzene rings is 3. The van der Waals surface area contributed by atoms with E-state index in [1.165, 1.54) is 0 Å². The third-order valence-electron chi connectivity index (χ3n) is 5.99. The summed E-state index contributed by atoms with van der Waals surface area (Å²) in [6, 6.07) is 24.6. The van der Waals surface area contributed by atoms with E-state index in [9.17, 15) is 9.59 Å². The maximum Gasteiger partial charge on any atom is 0.261 e. The van der Waals surface area contributed by atoms with E-state index in [0.29, 0.717) is 12.2 Å². The van der Waals surface area contributed by atoms with E-state index >= 15 is 0 Å². The molecule has 6 heteroatoms. The molecule has 0 radical (unpaired) electrons. The van der Waals surface area contributed by atoms with Crippen molar-refractivity contribution in [1.29, 1.82) is 0 Å². The number of hydrogen-bond donors (Lipinski definition) is 1. The van der Waals surface area contributed by atoms with Crippen molar-refractivity contribution in [1.82, 2.24) is 10.2 Å². The SMILES string of the molecule is CC(C)NC(=O)[C@@H](Cc1ccccc1)N(Cc1cccc(Br)c1)C(=O)COc1ccccc1C(C)(C)C. The predicted octanol–water partition coefficient (Wildman–Crippen LogP) is 6.29. The molecule has 0 fully saturated rings. The van der Waals surface area contributed by atoms with E-state index in [0.717, 1.165) is 21.2 Å². The monoisotopic (exact) mass is 564 g/mol. The van der Waals surface area contributed by atoms with E-state index in [4.69, 9.17) is 4.74 Å². The molecule has 37 heavy (non-hydrogen) atoms. The zero-order chi connectivity index (χ0) is 27.0. The molecule has 1 N–H and O–H groups in total. The standard InChI is InChI=1S/C31H37BrN2O3/c1-22(2)33-30(36)27(19-23-12-7-6-8-13-23)34(20-24-14-11-15-25(32)18-24)29(35)21-37-28-17-10-9-16-26(28)31(3,4)5/h6-18,22,27H,19-21H2,1-5H3,(H,33,36)/t27-/m1/s1. The molecule has 0 aromatic heterocycles. The molecule has 0 saturated carbocycles. The Labute approximate surface area is 229 Å². The molecule has 2 amide bonds. The van der Waals surface area contributed by atoms with Crippen LogP contribution in [0.4, 0.5) is 0 Å². The Morgan fingerprint density at radius 2 is 1.57 bits per heavy atom. The van der Waals surface area contributed by atoms with Crippen molar-refractivity contribution in [2.75, 3.05) is 6.61 Å². The van der Waals surface area contributed by atoms with Crippen LogP contribution >= 0.6 is 15.9 Å². The Kier molecular flexibility index (Phi) is 9.93. The largest absolute Gasteiger partial charge is 0.483 e. The molecule has 3 aromatic carbocycles. The van der Waals surface area contributed by atoms with Crippen molar-refractivity contribution in [2.45, 2.75) is 65.1 Å². The van der Waals surface area contributed by atoms with Gasteiger partial charge in [0.05, 0.1) is 0 Å². The zero-order valence-corrected chi connectivity index (χ0v) is 23.9. The molecule has 3 rings (SSSR count). The number of halogens is 1. The minimum atomic E-state index is -0.697. The summed E-state index contributed by atoms with van der Waals surface area (Å²) in [4.78, 5) is 28.9. The number of hydrogen-bond acceptors (Lipinski definition) is 3. The summed E-state index contributed by atoms with van der Waals surface area (Å²) in [5.74, 6) is 0.248. The summed E-state index contributed by atoms with van der Waals surface area (Å²) in [6.45, 7) is 10.3. The summed E-state index contributed by atoms with van der Waals surface area (Å²) in [5.41, 5.74) is 2.80. The van der Waals surface area contributed by atoms with Crippen LogP contribution in [0.1, 0.15) is 51.3 Å². The van der Waals surface area contributed by atoms with Crippen LogP contribution in [0.2, 0.25) is 0 Å². The molecule has 196 valence electrons. The van der Waals surface area contributed by atoms with Crippen molar-refractivity contribution < 1.29 is 14.3 Å². The quantitative estimate of drug-likeness (QED) is 0.315. The first-order chi connectivity index (χ1) is 17.5. The van der Waals surface area contributed by atoms with Crippen LogP contribution < -0.4 is 10.1 Å². The van der Waals surface area contributed by atoms with Gasteiger partial charge >= 0.3 is 0 Å². The highest BCUT2D eigenvalue weighted by atomic mass is 79.9. The van der Waals surface area contributed by atoms with Crippen LogP contribution in [0.3, 0.4) is 0 Å². The van der Waals surface area contributed by atoms with Gasteiger partial charge in [0, 0.05) is 23.5 Å². The number of carbonyl (C=O) groups is 2. The molecular weight excluding hydrogens is 528 g/mol. The molecule has 0 aliphatic carbocycles. The molecule has 0 saturated heterocycles.